The molecule has 3 aromatic heterocycles. The summed E-state index contributed by atoms with van der Waals surface area (Å²) in [5.74, 6) is 1.51. The van der Waals surface area contributed by atoms with Crippen LogP contribution in [0, 0.1) is 13.8 Å². The molecule has 0 atom stereocenters. The average Bonchev–Trinajstić information content (AvgIpc) is 3.09. The standard InChI is InChI=1S/C16H21N7/c1-12-9-13(2)23(21-12)16-7-6-15(19-20-16)17-8-4-5-14-10-18-22(3)11-14/h6-7,9-11H,4-5,8H2,1-3H3,(H,17,19). The van der Waals surface area contributed by atoms with Crippen LogP contribution in [-0.2, 0) is 13.5 Å². The van der Waals surface area contributed by atoms with Gasteiger partial charge in [0.05, 0.1) is 11.9 Å². The van der Waals surface area contributed by atoms with E-state index in [2.05, 4.69) is 25.7 Å². The topological polar surface area (TPSA) is 73.5 Å². The minimum absolute atomic E-state index is 0.733. The van der Waals surface area contributed by atoms with E-state index >= 15 is 0 Å². The zero-order valence-electron chi connectivity index (χ0n) is 13.7. The van der Waals surface area contributed by atoms with Crippen LogP contribution >= 0.6 is 0 Å². The van der Waals surface area contributed by atoms with Crippen molar-refractivity contribution in [1.82, 2.24) is 29.8 Å². The number of hydrogen-bond acceptors (Lipinski definition) is 5. The summed E-state index contributed by atoms with van der Waals surface area (Å²) in [6, 6.07) is 5.88. The smallest absolute Gasteiger partial charge is 0.176 e. The maximum absolute atomic E-state index is 4.41. The lowest BCUT2D eigenvalue weighted by Crippen LogP contribution is -2.08. The first-order chi connectivity index (χ1) is 11.1. The lowest BCUT2D eigenvalue weighted by atomic mass is 10.2. The van der Waals surface area contributed by atoms with Crippen LogP contribution in [0.5, 0.6) is 0 Å². The van der Waals surface area contributed by atoms with Crippen LogP contribution in [0.4, 0.5) is 5.82 Å². The normalized spacial score (nSPS) is 10.9. The van der Waals surface area contributed by atoms with Crippen molar-refractivity contribution in [2.75, 3.05) is 11.9 Å². The fraction of sp³-hybridized carbons (Fsp3) is 0.375. The number of aryl methyl sites for hydroxylation is 4. The summed E-state index contributed by atoms with van der Waals surface area (Å²) < 4.78 is 3.63. The van der Waals surface area contributed by atoms with Crippen molar-refractivity contribution in [3.05, 3.63) is 47.5 Å². The predicted molar refractivity (Wildman–Crippen MR) is 88.6 cm³/mol. The van der Waals surface area contributed by atoms with Crippen molar-refractivity contribution in [2.24, 2.45) is 7.05 Å². The Morgan fingerprint density at radius 2 is 2.04 bits per heavy atom. The Balaban J connectivity index is 1.52. The van der Waals surface area contributed by atoms with Crippen molar-refractivity contribution in [3.8, 4) is 5.82 Å². The molecule has 0 fully saturated rings. The molecule has 0 aliphatic carbocycles. The van der Waals surface area contributed by atoms with Gasteiger partial charge in [0.15, 0.2) is 5.82 Å². The Hall–Kier alpha value is -2.70. The van der Waals surface area contributed by atoms with Crippen LogP contribution < -0.4 is 5.32 Å². The molecule has 0 amide bonds. The molecule has 0 saturated carbocycles. The van der Waals surface area contributed by atoms with Gasteiger partial charge in [-0.25, -0.2) is 4.68 Å². The number of nitrogens with one attached hydrogen (secondary N) is 1. The first-order valence-corrected chi connectivity index (χ1v) is 7.70. The highest BCUT2D eigenvalue weighted by molar-refractivity contribution is 5.36. The number of hydrogen-bond donors (Lipinski definition) is 1. The van der Waals surface area contributed by atoms with Gasteiger partial charge < -0.3 is 5.32 Å². The Kier molecular flexibility index (Phi) is 4.36. The van der Waals surface area contributed by atoms with E-state index in [1.165, 1.54) is 5.56 Å². The maximum Gasteiger partial charge on any atom is 0.176 e. The molecule has 0 aromatic carbocycles. The third kappa shape index (κ3) is 3.74. The molecule has 3 aromatic rings. The average molecular weight is 311 g/mol. The lowest BCUT2D eigenvalue weighted by Gasteiger charge is -2.06. The molecule has 0 spiro atoms. The molecule has 7 nitrogen and oxygen atoms in total. The Morgan fingerprint density at radius 3 is 2.65 bits per heavy atom. The molecule has 0 unspecified atom stereocenters. The number of rotatable bonds is 6. The number of nitrogens with zero attached hydrogens (tertiary/aromatic N) is 6. The molecule has 120 valence electrons. The van der Waals surface area contributed by atoms with Crippen LogP contribution in [0.3, 0.4) is 0 Å². The van der Waals surface area contributed by atoms with Crippen LogP contribution in [0.1, 0.15) is 23.4 Å². The van der Waals surface area contributed by atoms with Crippen LogP contribution in [0.25, 0.3) is 5.82 Å². The van der Waals surface area contributed by atoms with Gasteiger partial charge in [-0.05, 0) is 50.5 Å². The minimum atomic E-state index is 0.733. The lowest BCUT2D eigenvalue weighted by molar-refractivity contribution is 0.765. The SMILES string of the molecule is Cc1cc(C)n(-c2ccc(NCCCc3cnn(C)c3)nn2)n1. The largest absolute Gasteiger partial charge is 0.369 e. The summed E-state index contributed by atoms with van der Waals surface area (Å²) in [6.07, 6.45) is 5.97. The van der Waals surface area contributed by atoms with Crippen LogP contribution in [-0.4, -0.2) is 36.3 Å². The quantitative estimate of drug-likeness (QED) is 0.705. The van der Waals surface area contributed by atoms with Crippen LogP contribution in [0.2, 0.25) is 0 Å². The van der Waals surface area contributed by atoms with E-state index in [0.29, 0.717) is 0 Å². The second-order valence-electron chi connectivity index (χ2n) is 5.67. The predicted octanol–water partition coefficient (Wildman–Crippen LogP) is 2.06. The summed E-state index contributed by atoms with van der Waals surface area (Å²) in [4.78, 5) is 0. The van der Waals surface area contributed by atoms with E-state index in [-0.39, 0.29) is 0 Å². The van der Waals surface area contributed by atoms with Gasteiger partial charge >= 0.3 is 0 Å². The Bertz CT molecular complexity index is 770. The molecule has 0 aliphatic rings. The molecular formula is C16H21N7. The van der Waals surface area contributed by atoms with E-state index < -0.39 is 0 Å². The van der Waals surface area contributed by atoms with Gasteiger partial charge in [-0.2, -0.15) is 10.2 Å². The molecule has 23 heavy (non-hydrogen) atoms. The number of aromatic nitrogens is 6. The van der Waals surface area contributed by atoms with Gasteiger partial charge in [0.25, 0.3) is 0 Å². The van der Waals surface area contributed by atoms with Crippen molar-refractivity contribution in [2.45, 2.75) is 26.7 Å². The molecule has 0 bridgehead atoms. The minimum Gasteiger partial charge on any atom is -0.369 e. The highest BCUT2D eigenvalue weighted by Gasteiger charge is 2.05. The maximum atomic E-state index is 4.41. The van der Waals surface area contributed by atoms with Crippen molar-refractivity contribution < 1.29 is 0 Å². The van der Waals surface area contributed by atoms with Crippen LogP contribution in [0.15, 0.2) is 30.6 Å². The van der Waals surface area contributed by atoms with Gasteiger partial charge in [0.1, 0.15) is 5.82 Å². The van der Waals surface area contributed by atoms with Gasteiger partial charge in [0.2, 0.25) is 0 Å². The molecule has 1 N–H and O–H groups in total. The van der Waals surface area contributed by atoms with E-state index in [9.17, 15) is 0 Å². The van der Waals surface area contributed by atoms with Gasteiger partial charge in [-0.1, -0.05) is 0 Å². The summed E-state index contributed by atoms with van der Waals surface area (Å²) in [7, 11) is 1.93. The number of anilines is 1. The third-order valence-corrected chi connectivity index (χ3v) is 3.58. The first-order valence-electron chi connectivity index (χ1n) is 7.70. The second-order valence-corrected chi connectivity index (χ2v) is 5.67. The highest BCUT2D eigenvalue weighted by Crippen LogP contribution is 2.10. The Labute approximate surface area is 135 Å². The van der Waals surface area contributed by atoms with E-state index in [1.54, 1.807) is 4.68 Å². The zero-order chi connectivity index (χ0) is 16.2. The van der Waals surface area contributed by atoms with E-state index in [0.717, 1.165) is 42.4 Å². The molecule has 0 aliphatic heterocycles. The monoisotopic (exact) mass is 311 g/mol. The zero-order valence-corrected chi connectivity index (χ0v) is 13.7. The summed E-state index contributed by atoms with van der Waals surface area (Å²) in [5.41, 5.74) is 3.27. The molecule has 3 rings (SSSR count). The van der Waals surface area contributed by atoms with E-state index in [1.807, 2.05) is 56.2 Å². The van der Waals surface area contributed by atoms with Crippen molar-refractivity contribution >= 4 is 5.82 Å². The molecule has 7 heteroatoms. The van der Waals surface area contributed by atoms with Crippen molar-refractivity contribution in [1.29, 1.82) is 0 Å². The molecular weight excluding hydrogens is 290 g/mol. The van der Waals surface area contributed by atoms with E-state index in [4.69, 9.17) is 0 Å². The summed E-state index contributed by atoms with van der Waals surface area (Å²) in [5, 5.41) is 20.3. The van der Waals surface area contributed by atoms with Gasteiger partial charge in [-0.3, -0.25) is 4.68 Å². The molecule has 0 saturated heterocycles. The van der Waals surface area contributed by atoms with Gasteiger partial charge in [0, 0.05) is 25.5 Å². The molecule has 0 radical (unpaired) electrons. The highest BCUT2D eigenvalue weighted by atomic mass is 15.4. The molecule has 3 heterocycles. The Morgan fingerprint density at radius 1 is 1.17 bits per heavy atom. The summed E-state index contributed by atoms with van der Waals surface area (Å²) >= 11 is 0. The first kappa shape index (κ1) is 15.2. The third-order valence-electron chi connectivity index (χ3n) is 3.58. The summed E-state index contributed by atoms with van der Waals surface area (Å²) in [6.45, 7) is 4.82. The fourth-order valence-electron chi connectivity index (χ4n) is 2.50. The second kappa shape index (κ2) is 6.60. The van der Waals surface area contributed by atoms with Gasteiger partial charge in [-0.15, -0.1) is 10.2 Å². The van der Waals surface area contributed by atoms with Crippen molar-refractivity contribution in [3.63, 3.8) is 0 Å². The fourth-order valence-corrected chi connectivity index (χ4v) is 2.50.